The molecule has 1 atom stereocenters. The molecule has 0 saturated heterocycles. The van der Waals surface area contributed by atoms with Gasteiger partial charge in [-0.1, -0.05) is 65.2 Å². The largest absolute Gasteiger partial charge is 0.344 e. The average molecular weight is 216 g/mol. The molecule has 94 valence electrons. The van der Waals surface area contributed by atoms with E-state index in [0.717, 1.165) is 0 Å². The van der Waals surface area contributed by atoms with Crippen LogP contribution in [0.3, 0.4) is 0 Å². The topological polar surface area (TPSA) is 61.0 Å². The minimum atomic E-state index is 0. The van der Waals surface area contributed by atoms with E-state index in [4.69, 9.17) is 5.73 Å². The molecule has 0 amide bonds. The third-order valence-electron chi connectivity index (χ3n) is 2.84. The van der Waals surface area contributed by atoms with Gasteiger partial charge in [-0.05, 0) is 12.8 Å². The van der Waals surface area contributed by atoms with Crippen molar-refractivity contribution in [3.63, 3.8) is 0 Å². The lowest BCUT2D eigenvalue weighted by atomic mass is 10.0. The van der Waals surface area contributed by atoms with Crippen LogP contribution in [-0.4, -0.2) is 6.04 Å². The van der Waals surface area contributed by atoms with Crippen LogP contribution in [0.1, 0.15) is 78.1 Å². The van der Waals surface area contributed by atoms with Crippen LogP contribution in [0.15, 0.2) is 0 Å². The molecule has 1 unspecified atom stereocenters. The molecule has 0 spiro atoms. The molecule has 5 N–H and O–H groups in total. The summed E-state index contributed by atoms with van der Waals surface area (Å²) < 4.78 is 0. The normalized spacial score (nSPS) is 12.2. The van der Waals surface area contributed by atoms with Gasteiger partial charge in [0.1, 0.15) is 0 Å². The number of hydrogen-bond donors (Lipinski definition) is 2. The van der Waals surface area contributed by atoms with Gasteiger partial charge in [-0.25, -0.2) is 0 Å². The Morgan fingerprint density at radius 3 is 1.80 bits per heavy atom. The van der Waals surface area contributed by atoms with Crippen molar-refractivity contribution in [2.45, 2.75) is 84.1 Å². The standard InChI is InChI=1S/C13H29N.H3N/c1-3-5-6-7-8-9-10-12-13(14)11-4-2;/h13H,3-12,14H2,1-2H3;1H3. The molecule has 15 heavy (non-hydrogen) atoms. The zero-order valence-electron chi connectivity index (χ0n) is 10.9. The second-order valence-electron chi connectivity index (χ2n) is 4.46. The summed E-state index contributed by atoms with van der Waals surface area (Å²) in [7, 11) is 0. The Morgan fingerprint density at radius 2 is 1.27 bits per heavy atom. The maximum Gasteiger partial charge on any atom is 0.00387 e. The van der Waals surface area contributed by atoms with Crippen LogP contribution in [0, 0.1) is 0 Å². The third kappa shape index (κ3) is 13.9. The first-order chi connectivity index (χ1) is 6.81. The third-order valence-corrected chi connectivity index (χ3v) is 2.84. The summed E-state index contributed by atoms with van der Waals surface area (Å²) in [5.41, 5.74) is 5.95. The Kier molecular flexibility index (Phi) is 16.1. The Hall–Kier alpha value is -0.0800. The molecule has 0 aliphatic carbocycles. The summed E-state index contributed by atoms with van der Waals surface area (Å²) in [5.74, 6) is 0. The molecule has 0 aromatic carbocycles. The molecular weight excluding hydrogens is 184 g/mol. The molecule has 0 bridgehead atoms. The van der Waals surface area contributed by atoms with Crippen LogP contribution in [-0.2, 0) is 0 Å². The van der Waals surface area contributed by atoms with Crippen molar-refractivity contribution in [2.24, 2.45) is 5.73 Å². The zero-order chi connectivity index (χ0) is 10.6. The monoisotopic (exact) mass is 216 g/mol. The molecule has 0 heterocycles. The van der Waals surface area contributed by atoms with E-state index in [-0.39, 0.29) is 6.15 Å². The molecule has 0 aliphatic rings. The summed E-state index contributed by atoms with van der Waals surface area (Å²) in [6, 6.07) is 0.468. The predicted octanol–water partition coefficient (Wildman–Crippen LogP) is 4.42. The first kappa shape index (κ1) is 17.3. The molecule has 2 heteroatoms. The van der Waals surface area contributed by atoms with E-state index in [0.29, 0.717) is 6.04 Å². The van der Waals surface area contributed by atoms with Crippen molar-refractivity contribution in [3.05, 3.63) is 0 Å². The Bertz CT molecular complexity index is 105. The van der Waals surface area contributed by atoms with Gasteiger partial charge in [-0.2, -0.15) is 0 Å². The van der Waals surface area contributed by atoms with E-state index in [1.807, 2.05) is 0 Å². The Morgan fingerprint density at radius 1 is 0.733 bits per heavy atom. The van der Waals surface area contributed by atoms with E-state index >= 15 is 0 Å². The second-order valence-corrected chi connectivity index (χ2v) is 4.46. The van der Waals surface area contributed by atoms with Crippen LogP contribution in [0.5, 0.6) is 0 Å². The van der Waals surface area contributed by atoms with Crippen molar-refractivity contribution in [3.8, 4) is 0 Å². The van der Waals surface area contributed by atoms with Crippen LogP contribution in [0.4, 0.5) is 0 Å². The Labute approximate surface area is 96.6 Å². The fourth-order valence-corrected chi connectivity index (χ4v) is 1.88. The van der Waals surface area contributed by atoms with Crippen molar-refractivity contribution in [1.82, 2.24) is 6.15 Å². The molecule has 0 rings (SSSR count). The highest BCUT2D eigenvalue weighted by Gasteiger charge is 1.99. The minimum absolute atomic E-state index is 0. The van der Waals surface area contributed by atoms with Crippen LogP contribution in [0.2, 0.25) is 0 Å². The van der Waals surface area contributed by atoms with E-state index in [2.05, 4.69) is 13.8 Å². The molecule has 2 nitrogen and oxygen atoms in total. The van der Waals surface area contributed by atoms with Crippen molar-refractivity contribution in [2.75, 3.05) is 0 Å². The van der Waals surface area contributed by atoms with Crippen molar-refractivity contribution >= 4 is 0 Å². The molecule has 0 aromatic heterocycles. The van der Waals surface area contributed by atoms with Crippen molar-refractivity contribution < 1.29 is 0 Å². The molecule has 0 radical (unpaired) electrons. The highest BCUT2D eigenvalue weighted by atomic mass is 14.6. The number of hydrogen-bond acceptors (Lipinski definition) is 2. The molecular formula is C13H32N2. The first-order valence-electron chi connectivity index (χ1n) is 6.56. The van der Waals surface area contributed by atoms with Gasteiger partial charge < -0.3 is 11.9 Å². The summed E-state index contributed by atoms with van der Waals surface area (Å²) >= 11 is 0. The summed E-state index contributed by atoms with van der Waals surface area (Å²) in [6.45, 7) is 4.48. The Balaban J connectivity index is 0. The lowest BCUT2D eigenvalue weighted by Gasteiger charge is -2.09. The highest BCUT2D eigenvalue weighted by Crippen LogP contribution is 2.10. The van der Waals surface area contributed by atoms with Crippen LogP contribution < -0.4 is 11.9 Å². The van der Waals surface area contributed by atoms with Gasteiger partial charge in [0.15, 0.2) is 0 Å². The quantitative estimate of drug-likeness (QED) is 0.531. The van der Waals surface area contributed by atoms with Gasteiger partial charge >= 0.3 is 0 Å². The van der Waals surface area contributed by atoms with E-state index in [9.17, 15) is 0 Å². The molecule has 0 saturated carbocycles. The summed E-state index contributed by atoms with van der Waals surface area (Å²) in [4.78, 5) is 0. The summed E-state index contributed by atoms with van der Waals surface area (Å²) in [5, 5.41) is 0. The van der Waals surface area contributed by atoms with Gasteiger partial charge in [0, 0.05) is 6.04 Å². The fraction of sp³-hybridized carbons (Fsp3) is 1.00. The maximum atomic E-state index is 5.95. The van der Waals surface area contributed by atoms with E-state index in [1.54, 1.807) is 0 Å². The smallest absolute Gasteiger partial charge is 0.00387 e. The average Bonchev–Trinajstić information content (AvgIpc) is 2.17. The second kappa shape index (κ2) is 13.9. The molecule has 0 fully saturated rings. The lowest BCUT2D eigenvalue weighted by Crippen LogP contribution is -2.18. The maximum absolute atomic E-state index is 5.95. The van der Waals surface area contributed by atoms with Gasteiger partial charge in [0.25, 0.3) is 0 Å². The minimum Gasteiger partial charge on any atom is -0.344 e. The molecule has 0 aliphatic heterocycles. The SMILES string of the molecule is CCCCCCCCCC(N)CCC.N. The van der Waals surface area contributed by atoms with Gasteiger partial charge in [0.2, 0.25) is 0 Å². The fourth-order valence-electron chi connectivity index (χ4n) is 1.88. The van der Waals surface area contributed by atoms with Crippen LogP contribution in [0.25, 0.3) is 0 Å². The zero-order valence-corrected chi connectivity index (χ0v) is 10.9. The number of nitrogens with two attached hydrogens (primary N) is 1. The first-order valence-corrected chi connectivity index (χ1v) is 6.56. The number of rotatable bonds is 10. The van der Waals surface area contributed by atoms with E-state index in [1.165, 1.54) is 64.2 Å². The van der Waals surface area contributed by atoms with E-state index < -0.39 is 0 Å². The number of unbranched alkanes of at least 4 members (excludes halogenated alkanes) is 6. The highest BCUT2D eigenvalue weighted by molar-refractivity contribution is 4.60. The van der Waals surface area contributed by atoms with Crippen molar-refractivity contribution in [1.29, 1.82) is 0 Å². The molecule has 0 aromatic rings. The predicted molar refractivity (Wildman–Crippen MR) is 70.5 cm³/mol. The lowest BCUT2D eigenvalue weighted by molar-refractivity contribution is 0.506. The summed E-state index contributed by atoms with van der Waals surface area (Å²) in [6.07, 6.45) is 13.4. The van der Waals surface area contributed by atoms with Gasteiger partial charge in [-0.3, -0.25) is 0 Å². The van der Waals surface area contributed by atoms with Gasteiger partial charge in [-0.15, -0.1) is 0 Å². The van der Waals surface area contributed by atoms with Gasteiger partial charge in [0.05, 0.1) is 0 Å². The van der Waals surface area contributed by atoms with Crippen LogP contribution >= 0.6 is 0 Å².